The molecule has 0 aliphatic carbocycles. The summed E-state index contributed by atoms with van der Waals surface area (Å²) in [4.78, 5) is 2.31. The van der Waals surface area contributed by atoms with Gasteiger partial charge in [0, 0.05) is 30.8 Å². The maximum absolute atomic E-state index is 9.25. The molecule has 1 N–H and O–H groups in total. The van der Waals surface area contributed by atoms with E-state index < -0.39 is 0 Å². The fourth-order valence-corrected chi connectivity index (χ4v) is 3.01. The van der Waals surface area contributed by atoms with E-state index in [0.717, 1.165) is 38.0 Å². The predicted molar refractivity (Wildman–Crippen MR) is 78.1 cm³/mol. The van der Waals surface area contributed by atoms with E-state index in [-0.39, 0.29) is 6.61 Å². The van der Waals surface area contributed by atoms with Crippen LogP contribution in [0.2, 0.25) is 10.0 Å². The lowest BCUT2D eigenvalue weighted by Crippen LogP contribution is -2.36. The van der Waals surface area contributed by atoms with E-state index in [1.807, 2.05) is 6.07 Å². The van der Waals surface area contributed by atoms with Crippen molar-refractivity contribution in [2.24, 2.45) is 5.92 Å². The van der Waals surface area contributed by atoms with Gasteiger partial charge >= 0.3 is 0 Å². The van der Waals surface area contributed by atoms with Gasteiger partial charge in [-0.3, -0.25) is 4.90 Å². The van der Waals surface area contributed by atoms with E-state index in [1.54, 1.807) is 13.2 Å². The Morgan fingerprint density at radius 1 is 1.37 bits per heavy atom. The molecule has 2 rings (SSSR count). The van der Waals surface area contributed by atoms with E-state index >= 15 is 0 Å². The van der Waals surface area contributed by atoms with Crippen LogP contribution in [0.5, 0.6) is 5.75 Å². The number of benzene rings is 1. The maximum atomic E-state index is 9.25. The first-order chi connectivity index (χ1) is 9.13. The van der Waals surface area contributed by atoms with Crippen molar-refractivity contribution in [3.63, 3.8) is 0 Å². The number of methoxy groups -OCH3 is 1. The van der Waals surface area contributed by atoms with Crippen LogP contribution in [0.25, 0.3) is 0 Å². The van der Waals surface area contributed by atoms with Crippen LogP contribution in [0.1, 0.15) is 18.4 Å². The zero-order valence-electron chi connectivity index (χ0n) is 11.0. The van der Waals surface area contributed by atoms with E-state index in [0.29, 0.717) is 21.7 Å². The molecule has 1 aromatic carbocycles. The Morgan fingerprint density at radius 2 is 2.16 bits per heavy atom. The summed E-state index contributed by atoms with van der Waals surface area (Å²) >= 11 is 12.4. The minimum atomic E-state index is 0.258. The van der Waals surface area contributed by atoms with Gasteiger partial charge < -0.3 is 9.84 Å². The first-order valence-electron chi connectivity index (χ1n) is 6.49. The average molecular weight is 304 g/mol. The Kier molecular flexibility index (Phi) is 5.34. The van der Waals surface area contributed by atoms with E-state index in [9.17, 15) is 5.11 Å². The molecule has 0 radical (unpaired) electrons. The lowest BCUT2D eigenvalue weighted by molar-refractivity contribution is 0.116. The smallest absolute Gasteiger partial charge is 0.138 e. The first-order valence-corrected chi connectivity index (χ1v) is 7.24. The van der Waals surface area contributed by atoms with Gasteiger partial charge in [0.25, 0.3) is 0 Å². The quantitative estimate of drug-likeness (QED) is 0.927. The van der Waals surface area contributed by atoms with Gasteiger partial charge in [0.2, 0.25) is 0 Å². The Labute approximate surface area is 124 Å². The van der Waals surface area contributed by atoms with Gasteiger partial charge in [0.15, 0.2) is 0 Å². The highest BCUT2D eigenvalue weighted by Crippen LogP contribution is 2.32. The maximum Gasteiger partial charge on any atom is 0.138 e. The fraction of sp³-hybridized carbons (Fsp3) is 0.571. The number of rotatable bonds is 4. The molecule has 1 aliphatic rings. The molecule has 106 valence electrons. The summed E-state index contributed by atoms with van der Waals surface area (Å²) in [6.45, 7) is 2.97. The monoisotopic (exact) mass is 303 g/mol. The van der Waals surface area contributed by atoms with Gasteiger partial charge in [-0.25, -0.2) is 0 Å². The molecule has 0 spiro atoms. The van der Waals surface area contributed by atoms with Crippen LogP contribution in [0, 0.1) is 5.92 Å². The molecule has 0 saturated carbocycles. The SMILES string of the molecule is COc1cc(Cl)c(CN2CCCC(CO)C2)cc1Cl. The van der Waals surface area contributed by atoms with Crippen LogP contribution in [0.4, 0.5) is 0 Å². The molecule has 1 aromatic rings. The highest BCUT2D eigenvalue weighted by molar-refractivity contribution is 6.34. The summed E-state index contributed by atoms with van der Waals surface area (Å²) in [6, 6.07) is 3.62. The van der Waals surface area contributed by atoms with Crippen molar-refractivity contribution < 1.29 is 9.84 Å². The number of aliphatic hydroxyl groups is 1. The van der Waals surface area contributed by atoms with Gasteiger partial charge in [0.1, 0.15) is 5.75 Å². The summed E-state index contributed by atoms with van der Waals surface area (Å²) in [5.74, 6) is 0.976. The number of nitrogens with zero attached hydrogens (tertiary/aromatic N) is 1. The molecule has 5 heteroatoms. The van der Waals surface area contributed by atoms with Crippen LogP contribution < -0.4 is 4.74 Å². The molecule has 1 atom stereocenters. The lowest BCUT2D eigenvalue weighted by atomic mass is 9.98. The molecule has 19 heavy (non-hydrogen) atoms. The minimum Gasteiger partial charge on any atom is -0.495 e. The predicted octanol–water partition coefficient (Wildman–Crippen LogP) is 3.21. The standard InChI is InChI=1S/C14H19Cl2NO2/c1-19-14-6-12(15)11(5-13(14)16)8-17-4-2-3-10(7-17)9-18/h5-6,10,18H,2-4,7-9H2,1H3. The highest BCUT2D eigenvalue weighted by atomic mass is 35.5. The molecule has 1 heterocycles. The van der Waals surface area contributed by atoms with E-state index in [4.69, 9.17) is 27.9 Å². The molecular weight excluding hydrogens is 285 g/mol. The molecule has 1 saturated heterocycles. The second-order valence-electron chi connectivity index (χ2n) is 5.00. The summed E-state index contributed by atoms with van der Waals surface area (Å²) < 4.78 is 5.14. The van der Waals surface area contributed by atoms with E-state index in [1.165, 1.54) is 0 Å². The molecule has 0 aromatic heterocycles. The number of likely N-dealkylation sites (tertiary alicyclic amines) is 1. The summed E-state index contributed by atoms with van der Waals surface area (Å²) in [7, 11) is 1.58. The molecule has 3 nitrogen and oxygen atoms in total. The average Bonchev–Trinajstić information content (AvgIpc) is 2.42. The normalized spacial score (nSPS) is 20.5. The van der Waals surface area contributed by atoms with Crippen molar-refractivity contribution >= 4 is 23.2 Å². The van der Waals surface area contributed by atoms with Crippen LogP contribution >= 0.6 is 23.2 Å². The van der Waals surface area contributed by atoms with Gasteiger partial charge in [-0.15, -0.1) is 0 Å². The molecule has 1 aliphatic heterocycles. The molecule has 1 fully saturated rings. The molecular formula is C14H19Cl2NO2. The van der Waals surface area contributed by atoms with Crippen molar-refractivity contribution in [3.05, 3.63) is 27.7 Å². The number of hydrogen-bond acceptors (Lipinski definition) is 3. The Hall–Kier alpha value is -0.480. The summed E-state index contributed by atoms with van der Waals surface area (Å²) in [6.07, 6.45) is 2.22. The summed E-state index contributed by atoms with van der Waals surface area (Å²) in [5.41, 5.74) is 1.01. The van der Waals surface area contributed by atoms with Gasteiger partial charge in [-0.2, -0.15) is 0 Å². The highest BCUT2D eigenvalue weighted by Gasteiger charge is 2.20. The molecule has 1 unspecified atom stereocenters. The van der Waals surface area contributed by atoms with Crippen LogP contribution in [0.3, 0.4) is 0 Å². The third-order valence-electron chi connectivity index (χ3n) is 3.58. The summed E-state index contributed by atoms with van der Waals surface area (Å²) in [5, 5.41) is 10.5. The number of hydrogen-bond donors (Lipinski definition) is 1. The number of piperidine rings is 1. The zero-order valence-corrected chi connectivity index (χ0v) is 12.5. The first kappa shape index (κ1) is 14.9. The Morgan fingerprint density at radius 3 is 2.84 bits per heavy atom. The van der Waals surface area contributed by atoms with Crippen LogP contribution in [0.15, 0.2) is 12.1 Å². The largest absolute Gasteiger partial charge is 0.495 e. The lowest BCUT2D eigenvalue weighted by Gasteiger charge is -2.32. The van der Waals surface area contributed by atoms with Crippen molar-refractivity contribution in [1.82, 2.24) is 4.90 Å². The Balaban J connectivity index is 2.08. The van der Waals surface area contributed by atoms with Crippen molar-refractivity contribution in [3.8, 4) is 5.75 Å². The third kappa shape index (κ3) is 3.76. The molecule has 0 bridgehead atoms. The van der Waals surface area contributed by atoms with E-state index in [2.05, 4.69) is 4.90 Å². The van der Waals surface area contributed by atoms with Crippen molar-refractivity contribution in [1.29, 1.82) is 0 Å². The van der Waals surface area contributed by atoms with Crippen LogP contribution in [-0.4, -0.2) is 36.8 Å². The number of halogens is 2. The van der Waals surface area contributed by atoms with Crippen molar-refractivity contribution in [2.75, 3.05) is 26.8 Å². The topological polar surface area (TPSA) is 32.7 Å². The number of ether oxygens (including phenoxy) is 1. The van der Waals surface area contributed by atoms with Gasteiger partial charge in [-0.05, 0) is 36.9 Å². The minimum absolute atomic E-state index is 0.258. The number of aliphatic hydroxyl groups excluding tert-OH is 1. The zero-order chi connectivity index (χ0) is 13.8. The van der Waals surface area contributed by atoms with Gasteiger partial charge in [0.05, 0.1) is 12.1 Å². The van der Waals surface area contributed by atoms with Crippen molar-refractivity contribution in [2.45, 2.75) is 19.4 Å². The van der Waals surface area contributed by atoms with Gasteiger partial charge in [-0.1, -0.05) is 23.2 Å². The molecule has 0 amide bonds. The van der Waals surface area contributed by atoms with Crippen LogP contribution in [-0.2, 0) is 6.54 Å². The second-order valence-corrected chi connectivity index (χ2v) is 5.82. The fourth-order valence-electron chi connectivity index (χ4n) is 2.53. The second kappa shape index (κ2) is 6.80. The Bertz CT molecular complexity index is 440. The third-order valence-corrected chi connectivity index (χ3v) is 4.22.